The van der Waals surface area contributed by atoms with Crippen molar-refractivity contribution in [3.63, 3.8) is 0 Å². The van der Waals surface area contributed by atoms with Crippen LogP contribution in [0.3, 0.4) is 0 Å². The van der Waals surface area contributed by atoms with Gasteiger partial charge in [-0.2, -0.15) is 0 Å². The van der Waals surface area contributed by atoms with E-state index in [9.17, 15) is 9.59 Å². The minimum atomic E-state index is -0.637. The zero-order chi connectivity index (χ0) is 20.9. The largest absolute Gasteiger partial charge is 0.480 e. The van der Waals surface area contributed by atoms with Gasteiger partial charge in [0.15, 0.2) is 11.9 Å². The van der Waals surface area contributed by atoms with Gasteiger partial charge in [0.25, 0.3) is 5.91 Å². The SMILES string of the molecule is Cc1c(OC(C)C(=O)N2CCC3(CC2)OCCO3)ccc2c3c(c(=O)oc12)CCC3. The standard InChI is InChI=1S/C23H27NO6/c1-14-19(7-6-17-16-4-3-5-18(16)22(26)30-20(14)17)29-15(2)21(25)24-10-8-23(9-11-24)27-12-13-28-23/h6-7,15H,3-5,8-13H2,1-2H3. The maximum Gasteiger partial charge on any atom is 0.339 e. The van der Waals surface area contributed by atoms with Crippen molar-refractivity contribution >= 4 is 16.9 Å². The lowest BCUT2D eigenvalue weighted by Gasteiger charge is -2.38. The molecule has 0 N–H and O–H groups in total. The Bertz CT molecular complexity index is 1040. The molecule has 1 unspecified atom stereocenters. The van der Waals surface area contributed by atoms with Crippen molar-refractivity contribution < 1.29 is 23.4 Å². The number of benzene rings is 1. The number of fused-ring (bicyclic) bond motifs is 3. The number of rotatable bonds is 3. The zero-order valence-corrected chi connectivity index (χ0v) is 17.5. The molecular weight excluding hydrogens is 386 g/mol. The maximum atomic E-state index is 12.9. The van der Waals surface area contributed by atoms with Crippen LogP contribution in [0.4, 0.5) is 0 Å². The fraction of sp³-hybridized carbons (Fsp3) is 0.565. The van der Waals surface area contributed by atoms with E-state index in [-0.39, 0.29) is 11.5 Å². The van der Waals surface area contributed by atoms with E-state index in [2.05, 4.69) is 0 Å². The number of aryl methyl sites for hydroxylation is 2. The summed E-state index contributed by atoms with van der Waals surface area (Å²) >= 11 is 0. The second-order valence-electron chi connectivity index (χ2n) is 8.46. The molecular formula is C23H27NO6. The summed E-state index contributed by atoms with van der Waals surface area (Å²) in [6, 6.07) is 3.83. The van der Waals surface area contributed by atoms with Gasteiger partial charge in [-0.3, -0.25) is 4.79 Å². The van der Waals surface area contributed by atoms with Gasteiger partial charge in [0.05, 0.1) is 13.2 Å². The van der Waals surface area contributed by atoms with E-state index >= 15 is 0 Å². The summed E-state index contributed by atoms with van der Waals surface area (Å²) in [5.74, 6) is 0.00582. The van der Waals surface area contributed by atoms with Crippen LogP contribution in [0.25, 0.3) is 11.0 Å². The van der Waals surface area contributed by atoms with E-state index in [0.717, 1.165) is 41.3 Å². The Morgan fingerprint density at radius 1 is 1.13 bits per heavy atom. The molecule has 7 nitrogen and oxygen atoms in total. The fourth-order valence-electron chi connectivity index (χ4n) is 4.94. The summed E-state index contributed by atoms with van der Waals surface area (Å²) < 4.78 is 23.1. The van der Waals surface area contributed by atoms with Gasteiger partial charge in [-0.05, 0) is 50.8 Å². The number of nitrogens with zero attached hydrogens (tertiary/aromatic N) is 1. The molecule has 2 fully saturated rings. The molecule has 7 heteroatoms. The average molecular weight is 413 g/mol. The van der Waals surface area contributed by atoms with Crippen LogP contribution < -0.4 is 10.4 Å². The Morgan fingerprint density at radius 3 is 2.57 bits per heavy atom. The molecule has 1 amide bonds. The molecule has 0 saturated carbocycles. The Morgan fingerprint density at radius 2 is 1.83 bits per heavy atom. The van der Waals surface area contributed by atoms with Gasteiger partial charge in [-0.15, -0.1) is 0 Å². The highest BCUT2D eigenvalue weighted by atomic mass is 16.7. The molecule has 2 aromatic rings. The first kappa shape index (κ1) is 19.6. The summed E-state index contributed by atoms with van der Waals surface area (Å²) in [5, 5.41) is 0.976. The van der Waals surface area contributed by atoms with Crippen molar-refractivity contribution in [1.29, 1.82) is 0 Å². The summed E-state index contributed by atoms with van der Waals surface area (Å²) in [7, 11) is 0. The average Bonchev–Trinajstić information content (AvgIpc) is 3.41. The molecule has 1 aromatic heterocycles. The lowest BCUT2D eigenvalue weighted by molar-refractivity contribution is -0.188. The smallest absolute Gasteiger partial charge is 0.339 e. The molecule has 1 spiro atoms. The minimum Gasteiger partial charge on any atom is -0.480 e. The van der Waals surface area contributed by atoms with Crippen LogP contribution >= 0.6 is 0 Å². The number of amides is 1. The number of hydrogen-bond acceptors (Lipinski definition) is 6. The lowest BCUT2D eigenvalue weighted by atomic mass is 10.0. The van der Waals surface area contributed by atoms with Crippen LogP contribution in [0.15, 0.2) is 21.3 Å². The van der Waals surface area contributed by atoms with E-state index in [4.69, 9.17) is 18.6 Å². The first-order valence-corrected chi connectivity index (χ1v) is 10.8. The van der Waals surface area contributed by atoms with Crippen LogP contribution in [0, 0.1) is 6.92 Å². The number of likely N-dealkylation sites (tertiary alicyclic amines) is 1. The van der Waals surface area contributed by atoms with Gasteiger partial charge in [-0.25, -0.2) is 4.79 Å². The van der Waals surface area contributed by atoms with Crippen LogP contribution in [0.1, 0.15) is 42.9 Å². The predicted molar refractivity (Wildman–Crippen MR) is 110 cm³/mol. The van der Waals surface area contributed by atoms with Crippen molar-refractivity contribution in [3.05, 3.63) is 39.2 Å². The predicted octanol–water partition coefficient (Wildman–Crippen LogP) is 2.72. The minimum absolute atomic E-state index is 0.0576. The first-order chi connectivity index (χ1) is 14.5. The monoisotopic (exact) mass is 413 g/mol. The fourth-order valence-corrected chi connectivity index (χ4v) is 4.94. The van der Waals surface area contributed by atoms with Crippen LogP contribution in [0.2, 0.25) is 0 Å². The van der Waals surface area contributed by atoms with Gasteiger partial charge in [0.2, 0.25) is 0 Å². The van der Waals surface area contributed by atoms with Crippen molar-refractivity contribution in [3.8, 4) is 5.75 Å². The third-order valence-electron chi connectivity index (χ3n) is 6.64. The normalized spacial score (nSPS) is 21.2. The van der Waals surface area contributed by atoms with E-state index in [1.54, 1.807) is 6.92 Å². The number of hydrogen-bond donors (Lipinski definition) is 0. The highest BCUT2D eigenvalue weighted by molar-refractivity contribution is 5.86. The quantitative estimate of drug-likeness (QED) is 0.720. The first-order valence-electron chi connectivity index (χ1n) is 10.8. The third kappa shape index (κ3) is 3.20. The van der Waals surface area contributed by atoms with E-state index in [1.807, 2.05) is 24.0 Å². The summed E-state index contributed by atoms with van der Waals surface area (Å²) in [5.41, 5.74) is 2.96. The molecule has 5 rings (SSSR count). The van der Waals surface area contributed by atoms with Gasteiger partial charge in [0.1, 0.15) is 11.3 Å². The Labute approximate surface area is 174 Å². The number of carbonyl (C=O) groups excluding carboxylic acids is 1. The molecule has 160 valence electrons. The molecule has 1 aliphatic carbocycles. The Kier molecular flexibility index (Phi) is 4.82. The molecule has 3 heterocycles. The molecule has 2 saturated heterocycles. The number of ether oxygens (including phenoxy) is 3. The van der Waals surface area contributed by atoms with Crippen molar-refractivity contribution in [2.75, 3.05) is 26.3 Å². The van der Waals surface area contributed by atoms with Crippen molar-refractivity contribution in [2.45, 2.75) is 57.8 Å². The molecule has 0 bridgehead atoms. The molecule has 0 radical (unpaired) electrons. The second-order valence-corrected chi connectivity index (χ2v) is 8.46. The highest BCUT2D eigenvalue weighted by Gasteiger charge is 2.41. The Balaban J connectivity index is 1.33. The Hall–Kier alpha value is -2.38. The van der Waals surface area contributed by atoms with Crippen LogP contribution in [-0.4, -0.2) is 49.0 Å². The summed E-state index contributed by atoms with van der Waals surface area (Å²) in [4.78, 5) is 27.1. The maximum absolute atomic E-state index is 12.9. The van der Waals surface area contributed by atoms with Gasteiger partial charge in [0, 0.05) is 42.4 Å². The second kappa shape index (κ2) is 7.39. The zero-order valence-electron chi connectivity index (χ0n) is 17.5. The summed E-state index contributed by atoms with van der Waals surface area (Å²) in [6.45, 7) is 6.05. The van der Waals surface area contributed by atoms with E-state index in [0.29, 0.717) is 50.5 Å². The summed E-state index contributed by atoms with van der Waals surface area (Å²) in [6.07, 6.45) is 3.38. The molecule has 1 aromatic carbocycles. The number of piperidine rings is 1. The van der Waals surface area contributed by atoms with Crippen molar-refractivity contribution in [1.82, 2.24) is 4.90 Å². The van der Waals surface area contributed by atoms with Crippen LogP contribution in [-0.2, 0) is 27.1 Å². The third-order valence-corrected chi connectivity index (χ3v) is 6.64. The molecule has 3 aliphatic rings. The van der Waals surface area contributed by atoms with E-state index < -0.39 is 11.9 Å². The lowest BCUT2D eigenvalue weighted by Crippen LogP contribution is -2.50. The molecule has 2 aliphatic heterocycles. The van der Waals surface area contributed by atoms with Gasteiger partial charge >= 0.3 is 5.63 Å². The highest BCUT2D eigenvalue weighted by Crippen LogP contribution is 2.34. The topological polar surface area (TPSA) is 78.2 Å². The van der Waals surface area contributed by atoms with Crippen molar-refractivity contribution in [2.24, 2.45) is 0 Å². The van der Waals surface area contributed by atoms with E-state index in [1.165, 1.54) is 0 Å². The number of carbonyl (C=O) groups is 1. The van der Waals surface area contributed by atoms with Crippen LogP contribution in [0.5, 0.6) is 5.75 Å². The van der Waals surface area contributed by atoms with Gasteiger partial charge in [-0.1, -0.05) is 0 Å². The molecule has 1 atom stereocenters. The van der Waals surface area contributed by atoms with Gasteiger partial charge < -0.3 is 23.5 Å². The molecule has 30 heavy (non-hydrogen) atoms.